The van der Waals surface area contributed by atoms with Crippen LogP contribution in [-0.2, 0) is 9.53 Å². The maximum Gasteiger partial charge on any atom is 0.160 e. The summed E-state index contributed by atoms with van der Waals surface area (Å²) in [5.41, 5.74) is 1.66. The number of methoxy groups -OCH3 is 1. The standard InChI is InChI=1S/C15H17NO3/c1-10-3-4-14(18-2)12(7-10)13(8-16)15(17)11-5-6-19-9-11/h3-4,7,11,13H,5-6,9H2,1-2H3. The van der Waals surface area contributed by atoms with Gasteiger partial charge in [-0.2, -0.15) is 5.26 Å². The summed E-state index contributed by atoms with van der Waals surface area (Å²) in [5.74, 6) is -0.426. The normalized spacial score (nSPS) is 19.7. The zero-order valence-electron chi connectivity index (χ0n) is 11.2. The molecular weight excluding hydrogens is 242 g/mol. The van der Waals surface area contributed by atoms with Crippen molar-refractivity contribution in [2.75, 3.05) is 20.3 Å². The van der Waals surface area contributed by atoms with Crippen molar-refractivity contribution in [3.63, 3.8) is 0 Å². The second kappa shape index (κ2) is 5.85. The third kappa shape index (κ3) is 2.77. The first kappa shape index (κ1) is 13.6. The molecule has 0 amide bonds. The van der Waals surface area contributed by atoms with Crippen LogP contribution in [0.2, 0.25) is 0 Å². The van der Waals surface area contributed by atoms with E-state index in [1.165, 1.54) is 0 Å². The number of ether oxygens (including phenoxy) is 2. The van der Waals surface area contributed by atoms with Gasteiger partial charge in [-0.15, -0.1) is 0 Å². The molecule has 0 aromatic heterocycles. The van der Waals surface area contributed by atoms with Crippen molar-refractivity contribution in [3.05, 3.63) is 29.3 Å². The SMILES string of the molecule is COc1ccc(C)cc1C(C#N)C(=O)C1CCOC1. The summed E-state index contributed by atoms with van der Waals surface area (Å²) >= 11 is 0. The molecule has 1 aromatic rings. The molecule has 1 saturated heterocycles. The van der Waals surface area contributed by atoms with Gasteiger partial charge < -0.3 is 9.47 Å². The molecule has 0 N–H and O–H groups in total. The summed E-state index contributed by atoms with van der Waals surface area (Å²) in [6, 6.07) is 7.66. The van der Waals surface area contributed by atoms with E-state index in [1.807, 2.05) is 19.1 Å². The number of rotatable bonds is 4. The second-order valence-electron chi connectivity index (χ2n) is 4.77. The maximum atomic E-state index is 12.4. The fourth-order valence-electron chi connectivity index (χ4n) is 2.36. The van der Waals surface area contributed by atoms with Gasteiger partial charge in [0.1, 0.15) is 11.7 Å². The van der Waals surface area contributed by atoms with Gasteiger partial charge in [0.15, 0.2) is 5.78 Å². The lowest BCUT2D eigenvalue weighted by atomic mass is 9.87. The highest BCUT2D eigenvalue weighted by Gasteiger charge is 2.32. The van der Waals surface area contributed by atoms with Crippen molar-refractivity contribution in [2.45, 2.75) is 19.3 Å². The molecule has 1 aliphatic heterocycles. The number of ketones is 1. The monoisotopic (exact) mass is 259 g/mol. The third-order valence-corrected chi connectivity index (χ3v) is 3.44. The number of hydrogen-bond donors (Lipinski definition) is 0. The first-order valence-corrected chi connectivity index (χ1v) is 6.33. The molecule has 0 saturated carbocycles. The molecule has 1 aromatic carbocycles. The summed E-state index contributed by atoms with van der Waals surface area (Å²) in [7, 11) is 1.55. The number of nitriles is 1. The number of carbonyl (C=O) groups excluding carboxylic acids is 1. The van der Waals surface area contributed by atoms with Crippen LogP contribution in [0.5, 0.6) is 5.75 Å². The smallest absolute Gasteiger partial charge is 0.160 e. The molecule has 2 unspecified atom stereocenters. The van der Waals surface area contributed by atoms with E-state index in [-0.39, 0.29) is 11.7 Å². The van der Waals surface area contributed by atoms with Crippen LogP contribution in [0.25, 0.3) is 0 Å². The van der Waals surface area contributed by atoms with Crippen molar-refractivity contribution >= 4 is 5.78 Å². The summed E-state index contributed by atoms with van der Waals surface area (Å²) in [4.78, 5) is 12.4. The number of aryl methyl sites for hydroxylation is 1. The van der Waals surface area contributed by atoms with Gasteiger partial charge in [-0.1, -0.05) is 17.7 Å². The van der Waals surface area contributed by atoms with Gasteiger partial charge in [0.2, 0.25) is 0 Å². The van der Waals surface area contributed by atoms with Gasteiger partial charge >= 0.3 is 0 Å². The number of hydrogen-bond acceptors (Lipinski definition) is 4. The number of carbonyl (C=O) groups is 1. The van der Waals surface area contributed by atoms with Crippen LogP contribution in [-0.4, -0.2) is 26.1 Å². The maximum absolute atomic E-state index is 12.4. The first-order valence-electron chi connectivity index (χ1n) is 6.33. The zero-order chi connectivity index (χ0) is 13.8. The number of benzene rings is 1. The minimum Gasteiger partial charge on any atom is -0.496 e. The van der Waals surface area contributed by atoms with E-state index in [9.17, 15) is 10.1 Å². The molecule has 0 aliphatic carbocycles. The summed E-state index contributed by atoms with van der Waals surface area (Å²) in [6.45, 7) is 2.95. The van der Waals surface area contributed by atoms with E-state index < -0.39 is 5.92 Å². The Morgan fingerprint density at radius 3 is 2.95 bits per heavy atom. The minimum atomic E-state index is -0.776. The number of Topliss-reactive ketones (excluding diaryl/α,β-unsaturated/α-hetero) is 1. The molecule has 1 heterocycles. The summed E-state index contributed by atoms with van der Waals surface area (Å²) in [5, 5.41) is 9.35. The predicted octanol–water partition coefficient (Wildman–Crippen LogP) is 2.22. The molecule has 1 fully saturated rings. The molecule has 2 rings (SSSR count). The van der Waals surface area contributed by atoms with Gasteiger partial charge in [0, 0.05) is 18.1 Å². The Kier molecular flexibility index (Phi) is 4.18. The lowest BCUT2D eigenvalue weighted by Gasteiger charge is -2.16. The minimum absolute atomic E-state index is 0.0658. The van der Waals surface area contributed by atoms with Crippen LogP contribution < -0.4 is 4.74 Å². The van der Waals surface area contributed by atoms with Gasteiger partial charge in [-0.25, -0.2) is 0 Å². The molecule has 0 spiro atoms. The zero-order valence-corrected chi connectivity index (χ0v) is 11.2. The molecule has 2 atom stereocenters. The Balaban J connectivity index is 2.33. The van der Waals surface area contributed by atoms with Gasteiger partial charge in [0.05, 0.1) is 19.8 Å². The molecule has 4 heteroatoms. The topological polar surface area (TPSA) is 59.3 Å². The van der Waals surface area contributed by atoms with E-state index in [4.69, 9.17) is 9.47 Å². The van der Waals surface area contributed by atoms with Gasteiger partial charge in [0.25, 0.3) is 0 Å². The van der Waals surface area contributed by atoms with E-state index in [0.717, 1.165) is 5.56 Å². The third-order valence-electron chi connectivity index (χ3n) is 3.44. The molecule has 1 aliphatic rings. The predicted molar refractivity (Wildman–Crippen MR) is 70.0 cm³/mol. The Morgan fingerprint density at radius 1 is 1.58 bits per heavy atom. The van der Waals surface area contributed by atoms with Crippen LogP contribution in [0, 0.1) is 24.2 Å². The van der Waals surface area contributed by atoms with E-state index in [1.54, 1.807) is 13.2 Å². The lowest BCUT2D eigenvalue weighted by molar-refractivity contribution is -0.123. The Labute approximate surface area is 112 Å². The first-order chi connectivity index (χ1) is 9.17. The summed E-state index contributed by atoms with van der Waals surface area (Å²) in [6.07, 6.45) is 0.700. The van der Waals surface area contributed by atoms with Crippen LogP contribution in [0.4, 0.5) is 0 Å². The highest BCUT2D eigenvalue weighted by Crippen LogP contribution is 2.31. The highest BCUT2D eigenvalue weighted by molar-refractivity contribution is 5.91. The van der Waals surface area contributed by atoms with Crippen LogP contribution in [0.3, 0.4) is 0 Å². The molecule has 0 bridgehead atoms. The van der Waals surface area contributed by atoms with E-state index >= 15 is 0 Å². The number of nitrogens with zero attached hydrogens (tertiary/aromatic N) is 1. The van der Waals surface area contributed by atoms with Crippen molar-refractivity contribution in [3.8, 4) is 11.8 Å². The van der Waals surface area contributed by atoms with Crippen molar-refractivity contribution in [1.82, 2.24) is 0 Å². The fraction of sp³-hybridized carbons (Fsp3) is 0.467. The van der Waals surface area contributed by atoms with Crippen molar-refractivity contribution in [2.24, 2.45) is 5.92 Å². The highest BCUT2D eigenvalue weighted by atomic mass is 16.5. The molecule has 0 radical (unpaired) electrons. The molecular formula is C15H17NO3. The Bertz CT molecular complexity index is 513. The molecule has 4 nitrogen and oxygen atoms in total. The largest absolute Gasteiger partial charge is 0.496 e. The molecule has 19 heavy (non-hydrogen) atoms. The average Bonchev–Trinajstić information content (AvgIpc) is 2.93. The van der Waals surface area contributed by atoms with Crippen molar-refractivity contribution in [1.29, 1.82) is 5.26 Å². The molecule has 100 valence electrons. The van der Waals surface area contributed by atoms with E-state index in [2.05, 4.69) is 6.07 Å². The Morgan fingerprint density at radius 2 is 2.37 bits per heavy atom. The summed E-state index contributed by atoms with van der Waals surface area (Å²) < 4.78 is 10.5. The Hall–Kier alpha value is -1.86. The van der Waals surface area contributed by atoms with Gasteiger partial charge in [-0.3, -0.25) is 4.79 Å². The van der Waals surface area contributed by atoms with E-state index in [0.29, 0.717) is 30.9 Å². The average molecular weight is 259 g/mol. The van der Waals surface area contributed by atoms with Crippen LogP contribution in [0.15, 0.2) is 18.2 Å². The van der Waals surface area contributed by atoms with Crippen LogP contribution in [0.1, 0.15) is 23.5 Å². The fourth-order valence-corrected chi connectivity index (χ4v) is 2.36. The van der Waals surface area contributed by atoms with Gasteiger partial charge in [-0.05, 0) is 19.4 Å². The second-order valence-corrected chi connectivity index (χ2v) is 4.77. The quantitative estimate of drug-likeness (QED) is 0.831. The van der Waals surface area contributed by atoms with Crippen molar-refractivity contribution < 1.29 is 14.3 Å². The lowest BCUT2D eigenvalue weighted by Crippen LogP contribution is -2.22. The van der Waals surface area contributed by atoms with Crippen LogP contribution >= 0.6 is 0 Å².